The average molecular weight is 441 g/mol. The molecule has 0 unspecified atom stereocenters. The molecule has 2 atom stereocenters. The SMILES string of the molecule is C[C@H]1CN(S(=O)(=O)NCc2cn(Cc3ccccc3)nc2-c2ccccc2)C[C@H](C)O1. The van der Waals surface area contributed by atoms with Crippen LogP contribution in [0.1, 0.15) is 25.0 Å². The van der Waals surface area contributed by atoms with Gasteiger partial charge in [-0.05, 0) is 19.4 Å². The van der Waals surface area contributed by atoms with Crippen LogP contribution in [0.25, 0.3) is 11.3 Å². The van der Waals surface area contributed by atoms with Crippen molar-refractivity contribution in [2.75, 3.05) is 13.1 Å². The first-order chi connectivity index (χ1) is 14.9. The Bertz CT molecular complexity index is 1090. The van der Waals surface area contributed by atoms with Crippen LogP contribution < -0.4 is 4.72 Å². The van der Waals surface area contributed by atoms with E-state index in [1.807, 2.05) is 85.4 Å². The number of hydrogen-bond donors (Lipinski definition) is 1. The molecule has 4 rings (SSSR count). The number of hydrogen-bond acceptors (Lipinski definition) is 4. The Morgan fingerprint density at radius 2 is 1.61 bits per heavy atom. The van der Waals surface area contributed by atoms with E-state index in [1.54, 1.807) is 0 Å². The van der Waals surface area contributed by atoms with E-state index in [4.69, 9.17) is 9.84 Å². The minimum absolute atomic E-state index is 0.131. The molecule has 0 radical (unpaired) electrons. The molecule has 1 fully saturated rings. The smallest absolute Gasteiger partial charge is 0.279 e. The standard InChI is InChI=1S/C23H28N4O3S/c1-18-14-27(15-19(2)30-18)31(28,29)24-13-22-17-26(16-20-9-5-3-6-10-20)25-23(22)21-11-7-4-8-12-21/h3-12,17-19,24H,13-16H2,1-2H3/t18-,19-/m0/s1. The third kappa shape index (κ3) is 5.40. The Morgan fingerprint density at radius 1 is 1.00 bits per heavy atom. The fraction of sp³-hybridized carbons (Fsp3) is 0.348. The highest BCUT2D eigenvalue weighted by molar-refractivity contribution is 7.87. The second kappa shape index (κ2) is 9.32. The Morgan fingerprint density at radius 3 is 2.26 bits per heavy atom. The maximum absolute atomic E-state index is 12.9. The number of benzene rings is 2. The summed E-state index contributed by atoms with van der Waals surface area (Å²) >= 11 is 0. The third-order valence-electron chi connectivity index (χ3n) is 5.24. The quantitative estimate of drug-likeness (QED) is 0.613. The predicted molar refractivity (Wildman–Crippen MR) is 121 cm³/mol. The maximum Gasteiger partial charge on any atom is 0.279 e. The van der Waals surface area contributed by atoms with Gasteiger partial charge >= 0.3 is 0 Å². The number of nitrogens with one attached hydrogen (secondary N) is 1. The zero-order valence-electron chi connectivity index (χ0n) is 17.8. The van der Waals surface area contributed by atoms with Gasteiger partial charge < -0.3 is 4.74 Å². The van der Waals surface area contributed by atoms with Crippen LogP contribution in [0.5, 0.6) is 0 Å². The first kappa shape index (κ1) is 21.7. The van der Waals surface area contributed by atoms with Crippen LogP contribution in [-0.2, 0) is 28.0 Å². The van der Waals surface area contributed by atoms with Gasteiger partial charge in [0.15, 0.2) is 0 Å². The summed E-state index contributed by atoms with van der Waals surface area (Å²) in [5.41, 5.74) is 3.70. The van der Waals surface area contributed by atoms with Crippen LogP contribution >= 0.6 is 0 Å². The molecule has 1 N–H and O–H groups in total. The van der Waals surface area contributed by atoms with Crippen molar-refractivity contribution in [2.45, 2.75) is 39.1 Å². The number of rotatable bonds is 7. The maximum atomic E-state index is 12.9. The summed E-state index contributed by atoms with van der Waals surface area (Å²) in [6, 6.07) is 19.9. The van der Waals surface area contributed by atoms with Crippen LogP contribution in [0.2, 0.25) is 0 Å². The summed E-state index contributed by atoms with van der Waals surface area (Å²) in [7, 11) is -3.63. The van der Waals surface area contributed by atoms with E-state index in [-0.39, 0.29) is 18.8 Å². The summed E-state index contributed by atoms with van der Waals surface area (Å²) in [5.74, 6) is 0. The zero-order chi connectivity index (χ0) is 21.8. The van der Waals surface area contributed by atoms with E-state index < -0.39 is 10.2 Å². The molecule has 1 aliphatic rings. The monoisotopic (exact) mass is 440 g/mol. The number of aromatic nitrogens is 2. The summed E-state index contributed by atoms with van der Waals surface area (Å²) in [5, 5.41) is 4.76. The van der Waals surface area contributed by atoms with E-state index in [9.17, 15) is 8.42 Å². The topological polar surface area (TPSA) is 76.5 Å². The van der Waals surface area contributed by atoms with Crippen molar-refractivity contribution in [3.63, 3.8) is 0 Å². The number of morpholine rings is 1. The summed E-state index contributed by atoms with van der Waals surface area (Å²) < 4.78 is 37.6. The van der Waals surface area contributed by atoms with Crippen molar-refractivity contribution >= 4 is 10.2 Å². The number of nitrogens with zero attached hydrogens (tertiary/aromatic N) is 3. The molecule has 3 aromatic rings. The third-order valence-corrected chi connectivity index (χ3v) is 6.73. The lowest BCUT2D eigenvalue weighted by Gasteiger charge is -2.34. The predicted octanol–water partition coefficient (Wildman–Crippen LogP) is 3.04. The molecule has 1 aliphatic heterocycles. The van der Waals surface area contributed by atoms with Gasteiger partial charge in [0.25, 0.3) is 10.2 Å². The van der Waals surface area contributed by atoms with E-state index in [1.165, 1.54) is 4.31 Å². The van der Waals surface area contributed by atoms with Crippen molar-refractivity contribution in [3.8, 4) is 11.3 Å². The van der Waals surface area contributed by atoms with E-state index in [0.717, 1.165) is 22.4 Å². The van der Waals surface area contributed by atoms with Gasteiger partial charge in [-0.1, -0.05) is 60.7 Å². The van der Waals surface area contributed by atoms with Crippen molar-refractivity contribution in [1.29, 1.82) is 0 Å². The fourth-order valence-corrected chi connectivity index (χ4v) is 5.20. The van der Waals surface area contributed by atoms with Crippen LogP contribution in [-0.4, -0.2) is 47.8 Å². The molecule has 2 heterocycles. The first-order valence-electron chi connectivity index (χ1n) is 10.5. The Kier molecular flexibility index (Phi) is 6.52. The largest absolute Gasteiger partial charge is 0.373 e. The Labute approximate surface area is 183 Å². The molecule has 7 nitrogen and oxygen atoms in total. The molecule has 1 aromatic heterocycles. The van der Waals surface area contributed by atoms with Gasteiger partial charge in [0.05, 0.1) is 24.4 Å². The fourth-order valence-electron chi connectivity index (χ4n) is 3.87. The average Bonchev–Trinajstić information content (AvgIpc) is 3.16. The highest BCUT2D eigenvalue weighted by atomic mass is 32.2. The molecule has 0 aliphatic carbocycles. The molecule has 31 heavy (non-hydrogen) atoms. The lowest BCUT2D eigenvalue weighted by Crippen LogP contribution is -2.51. The van der Waals surface area contributed by atoms with Gasteiger partial charge in [-0.3, -0.25) is 4.68 Å². The number of ether oxygens (including phenoxy) is 1. The van der Waals surface area contributed by atoms with Crippen LogP contribution in [0.4, 0.5) is 0 Å². The van der Waals surface area contributed by atoms with E-state index in [0.29, 0.717) is 19.6 Å². The minimum atomic E-state index is -3.63. The van der Waals surface area contributed by atoms with Gasteiger partial charge in [-0.2, -0.15) is 22.5 Å². The normalized spacial score (nSPS) is 20.1. The van der Waals surface area contributed by atoms with Gasteiger partial charge in [0, 0.05) is 37.0 Å². The second-order valence-corrected chi connectivity index (χ2v) is 9.71. The van der Waals surface area contributed by atoms with Gasteiger partial charge in [0.1, 0.15) is 0 Å². The summed E-state index contributed by atoms with van der Waals surface area (Å²) in [6.07, 6.45) is 1.66. The Hall–Kier alpha value is -2.52. The van der Waals surface area contributed by atoms with Crippen molar-refractivity contribution < 1.29 is 13.2 Å². The van der Waals surface area contributed by atoms with Gasteiger partial charge in [-0.15, -0.1) is 0 Å². The molecule has 0 bridgehead atoms. The van der Waals surface area contributed by atoms with Gasteiger partial charge in [0.2, 0.25) is 0 Å². The molecular weight excluding hydrogens is 412 g/mol. The van der Waals surface area contributed by atoms with Crippen molar-refractivity contribution in [1.82, 2.24) is 18.8 Å². The summed E-state index contributed by atoms with van der Waals surface area (Å²) in [6.45, 7) is 5.25. The zero-order valence-corrected chi connectivity index (χ0v) is 18.6. The van der Waals surface area contributed by atoms with Crippen LogP contribution in [0.15, 0.2) is 66.9 Å². The van der Waals surface area contributed by atoms with Crippen LogP contribution in [0, 0.1) is 0 Å². The Balaban J connectivity index is 1.56. The van der Waals surface area contributed by atoms with Gasteiger partial charge in [-0.25, -0.2) is 0 Å². The molecule has 0 amide bonds. The van der Waals surface area contributed by atoms with Crippen molar-refractivity contribution in [3.05, 3.63) is 78.0 Å². The first-order valence-corrected chi connectivity index (χ1v) is 11.9. The minimum Gasteiger partial charge on any atom is -0.373 e. The van der Waals surface area contributed by atoms with E-state index in [2.05, 4.69) is 4.72 Å². The van der Waals surface area contributed by atoms with Crippen molar-refractivity contribution in [2.24, 2.45) is 0 Å². The lowest BCUT2D eigenvalue weighted by atomic mass is 10.1. The van der Waals surface area contributed by atoms with Crippen LogP contribution in [0.3, 0.4) is 0 Å². The molecule has 8 heteroatoms. The molecule has 0 saturated carbocycles. The molecule has 164 valence electrons. The molecular formula is C23H28N4O3S. The second-order valence-electron chi connectivity index (χ2n) is 7.95. The molecule has 1 saturated heterocycles. The molecule has 2 aromatic carbocycles. The highest BCUT2D eigenvalue weighted by Gasteiger charge is 2.31. The highest BCUT2D eigenvalue weighted by Crippen LogP contribution is 2.23. The van der Waals surface area contributed by atoms with E-state index >= 15 is 0 Å². The lowest BCUT2D eigenvalue weighted by molar-refractivity contribution is -0.0444. The molecule has 0 spiro atoms. The summed E-state index contributed by atoms with van der Waals surface area (Å²) in [4.78, 5) is 0.